The molecule has 1 saturated heterocycles. The Hall–Kier alpha value is -2.82. The van der Waals surface area contributed by atoms with Crippen LogP contribution in [-0.2, 0) is 4.79 Å². The van der Waals surface area contributed by atoms with E-state index in [4.69, 9.17) is 4.74 Å². The third kappa shape index (κ3) is 5.84. The van der Waals surface area contributed by atoms with Crippen molar-refractivity contribution in [2.75, 3.05) is 29.9 Å². The van der Waals surface area contributed by atoms with Gasteiger partial charge < -0.3 is 15.0 Å². The van der Waals surface area contributed by atoms with E-state index >= 15 is 0 Å². The highest BCUT2D eigenvalue weighted by atomic mass is 16.5. The maximum Gasteiger partial charge on any atom is 0.248 e. The van der Waals surface area contributed by atoms with Crippen molar-refractivity contribution < 1.29 is 9.53 Å². The number of carbonyl (C=O) groups is 1. The molecule has 5 nitrogen and oxygen atoms in total. The van der Waals surface area contributed by atoms with Crippen LogP contribution in [0.3, 0.4) is 0 Å². The van der Waals surface area contributed by atoms with E-state index in [9.17, 15) is 4.79 Å². The molecule has 1 aliphatic rings. The summed E-state index contributed by atoms with van der Waals surface area (Å²) in [6.07, 6.45) is 8.43. The molecule has 148 valence electrons. The maximum atomic E-state index is 12.2. The third-order valence-electron chi connectivity index (χ3n) is 4.90. The molecule has 1 N–H and O–H groups in total. The zero-order valence-corrected chi connectivity index (χ0v) is 16.7. The van der Waals surface area contributed by atoms with Crippen molar-refractivity contribution in [1.29, 1.82) is 0 Å². The molecule has 0 atom stereocenters. The Bertz CT molecular complexity index is 776. The molecule has 0 radical (unpaired) electrons. The number of hydrogen-bond acceptors (Lipinski definition) is 4. The van der Waals surface area contributed by atoms with Gasteiger partial charge in [-0.1, -0.05) is 26.0 Å². The van der Waals surface area contributed by atoms with Gasteiger partial charge >= 0.3 is 0 Å². The van der Waals surface area contributed by atoms with Crippen LogP contribution >= 0.6 is 0 Å². The van der Waals surface area contributed by atoms with Gasteiger partial charge in [-0.15, -0.1) is 0 Å². The molecule has 1 aliphatic heterocycles. The summed E-state index contributed by atoms with van der Waals surface area (Å²) in [5.41, 5.74) is 1.65. The average Bonchev–Trinajstić information content (AvgIpc) is 2.73. The topological polar surface area (TPSA) is 54.5 Å². The molecular weight excluding hydrogens is 350 g/mol. The summed E-state index contributed by atoms with van der Waals surface area (Å²) < 4.78 is 5.56. The standard InChI is InChI=1S/C23H29N3O2/c1-3-16-28-21-8-4-19(5-9-21)6-11-23(27)25-20-7-10-22(24-17-20)26-14-12-18(2)13-15-26/h4-11,17-18H,3,12-16H2,1-2H3,(H,25,27)/b11-6+. The van der Waals surface area contributed by atoms with Crippen LogP contribution < -0.4 is 15.0 Å². The Morgan fingerprint density at radius 3 is 2.61 bits per heavy atom. The maximum absolute atomic E-state index is 12.2. The summed E-state index contributed by atoms with van der Waals surface area (Å²) in [6, 6.07) is 11.6. The smallest absolute Gasteiger partial charge is 0.248 e. The highest BCUT2D eigenvalue weighted by molar-refractivity contribution is 6.01. The number of pyridine rings is 1. The molecule has 0 spiro atoms. The number of hydrogen-bond donors (Lipinski definition) is 1. The van der Waals surface area contributed by atoms with Crippen molar-refractivity contribution >= 4 is 23.5 Å². The van der Waals surface area contributed by atoms with Crippen molar-refractivity contribution in [2.24, 2.45) is 5.92 Å². The van der Waals surface area contributed by atoms with Crippen LogP contribution in [0, 0.1) is 5.92 Å². The van der Waals surface area contributed by atoms with Crippen LogP contribution in [0.5, 0.6) is 5.75 Å². The quantitative estimate of drug-likeness (QED) is 0.705. The van der Waals surface area contributed by atoms with Crippen LogP contribution in [-0.4, -0.2) is 30.6 Å². The van der Waals surface area contributed by atoms with E-state index in [1.54, 1.807) is 12.3 Å². The molecule has 2 aromatic rings. The molecule has 0 saturated carbocycles. The lowest BCUT2D eigenvalue weighted by Gasteiger charge is -2.31. The Morgan fingerprint density at radius 1 is 1.21 bits per heavy atom. The zero-order chi connectivity index (χ0) is 19.8. The van der Waals surface area contributed by atoms with Crippen molar-refractivity contribution in [2.45, 2.75) is 33.1 Å². The lowest BCUT2D eigenvalue weighted by atomic mass is 9.99. The first-order chi connectivity index (χ1) is 13.6. The fourth-order valence-corrected chi connectivity index (χ4v) is 3.14. The molecule has 1 aromatic heterocycles. The SMILES string of the molecule is CCCOc1ccc(/C=C/C(=O)Nc2ccc(N3CCC(C)CC3)nc2)cc1. The lowest BCUT2D eigenvalue weighted by molar-refractivity contribution is -0.111. The molecule has 5 heteroatoms. The number of piperidine rings is 1. The van der Waals surface area contributed by atoms with Gasteiger partial charge in [0.05, 0.1) is 18.5 Å². The molecule has 0 unspecified atom stereocenters. The van der Waals surface area contributed by atoms with Gasteiger partial charge in [-0.25, -0.2) is 4.98 Å². The Kier molecular flexibility index (Phi) is 7.06. The van der Waals surface area contributed by atoms with Gasteiger partial charge in [-0.3, -0.25) is 4.79 Å². The second-order valence-corrected chi connectivity index (χ2v) is 7.31. The van der Waals surface area contributed by atoms with Crippen LogP contribution in [0.1, 0.15) is 38.7 Å². The molecule has 1 fully saturated rings. The molecule has 0 aliphatic carbocycles. The summed E-state index contributed by atoms with van der Waals surface area (Å²) in [4.78, 5) is 19.0. The van der Waals surface area contributed by atoms with Crippen molar-refractivity contribution in [3.63, 3.8) is 0 Å². The molecule has 28 heavy (non-hydrogen) atoms. The first kappa shape index (κ1) is 19.9. The monoisotopic (exact) mass is 379 g/mol. The van der Waals surface area contributed by atoms with Gasteiger partial charge in [0.15, 0.2) is 0 Å². The number of nitrogens with one attached hydrogen (secondary N) is 1. The number of ether oxygens (including phenoxy) is 1. The minimum absolute atomic E-state index is 0.173. The van der Waals surface area contributed by atoms with Crippen LogP contribution in [0.15, 0.2) is 48.7 Å². The molecule has 3 rings (SSSR count). The van der Waals surface area contributed by atoms with Crippen molar-refractivity contribution in [3.05, 3.63) is 54.2 Å². The normalized spacial score (nSPS) is 15.0. The predicted octanol–water partition coefficient (Wildman–Crippen LogP) is 4.76. The fraction of sp³-hybridized carbons (Fsp3) is 0.391. The number of benzene rings is 1. The number of rotatable bonds is 7. The van der Waals surface area contributed by atoms with Gasteiger partial charge in [0, 0.05) is 19.2 Å². The lowest BCUT2D eigenvalue weighted by Crippen LogP contribution is -2.33. The molecular formula is C23H29N3O2. The highest BCUT2D eigenvalue weighted by Crippen LogP contribution is 2.22. The average molecular weight is 380 g/mol. The predicted molar refractivity (Wildman–Crippen MR) is 115 cm³/mol. The van der Waals surface area contributed by atoms with E-state index in [2.05, 4.69) is 29.0 Å². The van der Waals surface area contributed by atoms with Crippen LogP contribution in [0.4, 0.5) is 11.5 Å². The van der Waals surface area contributed by atoms with E-state index in [0.29, 0.717) is 12.3 Å². The van der Waals surface area contributed by atoms with Gasteiger partial charge in [0.1, 0.15) is 11.6 Å². The second kappa shape index (κ2) is 9.93. The van der Waals surface area contributed by atoms with E-state index in [0.717, 1.165) is 42.6 Å². The summed E-state index contributed by atoms with van der Waals surface area (Å²) >= 11 is 0. The fourth-order valence-electron chi connectivity index (χ4n) is 3.14. The Labute approximate surface area is 167 Å². The van der Waals surface area contributed by atoms with Gasteiger partial charge in [0.25, 0.3) is 0 Å². The minimum atomic E-state index is -0.173. The van der Waals surface area contributed by atoms with Crippen LogP contribution in [0.2, 0.25) is 0 Å². The number of nitrogens with zero attached hydrogens (tertiary/aromatic N) is 2. The molecule has 0 bridgehead atoms. The summed E-state index contributed by atoms with van der Waals surface area (Å²) in [5, 5.41) is 2.86. The first-order valence-corrected chi connectivity index (χ1v) is 10.1. The zero-order valence-electron chi connectivity index (χ0n) is 16.7. The van der Waals surface area contributed by atoms with E-state index in [1.807, 2.05) is 36.4 Å². The van der Waals surface area contributed by atoms with E-state index < -0.39 is 0 Å². The molecule has 1 aromatic carbocycles. The number of anilines is 2. The minimum Gasteiger partial charge on any atom is -0.494 e. The van der Waals surface area contributed by atoms with E-state index in [1.165, 1.54) is 18.9 Å². The second-order valence-electron chi connectivity index (χ2n) is 7.31. The Morgan fingerprint density at radius 2 is 1.96 bits per heavy atom. The summed E-state index contributed by atoms with van der Waals surface area (Å²) in [6.45, 7) is 7.18. The number of amides is 1. The van der Waals surface area contributed by atoms with Gasteiger partial charge in [0.2, 0.25) is 5.91 Å². The molecule has 1 amide bonds. The van der Waals surface area contributed by atoms with Crippen LogP contribution in [0.25, 0.3) is 6.08 Å². The number of aromatic nitrogens is 1. The first-order valence-electron chi connectivity index (χ1n) is 10.1. The van der Waals surface area contributed by atoms with Gasteiger partial charge in [-0.05, 0) is 61.1 Å². The summed E-state index contributed by atoms with van der Waals surface area (Å²) in [5.74, 6) is 2.44. The van der Waals surface area contributed by atoms with E-state index in [-0.39, 0.29) is 5.91 Å². The van der Waals surface area contributed by atoms with Gasteiger partial charge in [-0.2, -0.15) is 0 Å². The van der Waals surface area contributed by atoms with Crippen molar-refractivity contribution in [3.8, 4) is 5.75 Å². The Balaban J connectivity index is 1.50. The highest BCUT2D eigenvalue weighted by Gasteiger charge is 2.16. The number of carbonyl (C=O) groups excluding carboxylic acids is 1. The summed E-state index contributed by atoms with van der Waals surface area (Å²) in [7, 11) is 0. The largest absolute Gasteiger partial charge is 0.494 e. The third-order valence-corrected chi connectivity index (χ3v) is 4.90. The molecule has 2 heterocycles. The van der Waals surface area contributed by atoms with Crippen molar-refractivity contribution in [1.82, 2.24) is 4.98 Å².